The molecule has 10 heteroatoms. The van der Waals surface area contributed by atoms with Gasteiger partial charge in [0, 0.05) is 42.3 Å². The number of fused-ring (bicyclic) bond motifs is 4. The van der Waals surface area contributed by atoms with Gasteiger partial charge in [0.2, 0.25) is 0 Å². The monoisotopic (exact) mass is 491 g/mol. The van der Waals surface area contributed by atoms with Crippen molar-refractivity contribution < 1.29 is 9.53 Å². The summed E-state index contributed by atoms with van der Waals surface area (Å²) in [6, 6.07) is 10.4. The Morgan fingerprint density at radius 3 is 2.97 bits per heavy atom. The molecule has 182 valence electrons. The predicted molar refractivity (Wildman–Crippen MR) is 138 cm³/mol. The molecule has 0 saturated carbocycles. The maximum absolute atomic E-state index is 13.3. The lowest BCUT2D eigenvalue weighted by Gasteiger charge is -2.37. The van der Waals surface area contributed by atoms with Crippen molar-refractivity contribution >= 4 is 34.7 Å². The van der Waals surface area contributed by atoms with E-state index in [1.807, 2.05) is 29.3 Å². The van der Waals surface area contributed by atoms with Crippen LogP contribution in [0.1, 0.15) is 28.8 Å². The molecule has 2 N–H and O–H groups in total. The number of hydrogen-bond acceptors (Lipinski definition) is 8. The normalized spacial score (nSPS) is 24.1. The number of amidine groups is 1. The molecule has 6 rings (SSSR count). The largest absolute Gasteiger partial charge is 0.492 e. The maximum atomic E-state index is 13.3. The zero-order chi connectivity index (χ0) is 24.1. The number of anilines is 1. The summed E-state index contributed by atoms with van der Waals surface area (Å²) in [6.45, 7) is 5.13. The summed E-state index contributed by atoms with van der Waals surface area (Å²) in [5, 5.41) is 11.5. The number of amides is 1. The Bertz CT molecular complexity index is 1320. The van der Waals surface area contributed by atoms with Gasteiger partial charge < -0.3 is 19.9 Å². The number of aromatic nitrogens is 2. The zero-order valence-corrected chi connectivity index (χ0v) is 20.9. The quantitative estimate of drug-likeness (QED) is 0.583. The van der Waals surface area contributed by atoms with Crippen LogP contribution in [0, 0.1) is 0 Å². The van der Waals surface area contributed by atoms with Crippen LogP contribution in [0.25, 0.3) is 5.52 Å². The number of benzene rings is 1. The van der Waals surface area contributed by atoms with Gasteiger partial charge in [-0.3, -0.25) is 15.1 Å². The first kappa shape index (κ1) is 22.4. The van der Waals surface area contributed by atoms with E-state index < -0.39 is 0 Å². The van der Waals surface area contributed by atoms with Gasteiger partial charge in [-0.05, 0) is 43.8 Å². The number of rotatable bonds is 3. The number of nitrogens with zero attached hydrogens (tertiary/aromatic N) is 5. The fraction of sp³-hybridized carbons (Fsp3) is 0.400. The third kappa shape index (κ3) is 3.85. The van der Waals surface area contributed by atoms with Crippen molar-refractivity contribution in [2.75, 3.05) is 45.8 Å². The Balaban J connectivity index is 1.27. The third-order valence-corrected chi connectivity index (χ3v) is 8.53. The van der Waals surface area contributed by atoms with Crippen molar-refractivity contribution in [2.24, 2.45) is 4.99 Å². The van der Waals surface area contributed by atoms with Crippen LogP contribution in [-0.2, 0) is 0 Å². The van der Waals surface area contributed by atoms with Gasteiger partial charge in [-0.15, -0.1) is 11.8 Å². The summed E-state index contributed by atoms with van der Waals surface area (Å²) < 4.78 is 7.50. The molecule has 1 amide bonds. The van der Waals surface area contributed by atoms with Crippen molar-refractivity contribution in [3.8, 4) is 5.75 Å². The average molecular weight is 492 g/mol. The van der Waals surface area contributed by atoms with E-state index in [2.05, 4.69) is 46.7 Å². The second kappa shape index (κ2) is 8.85. The van der Waals surface area contributed by atoms with Crippen molar-refractivity contribution in [3.05, 3.63) is 53.9 Å². The second-order valence-corrected chi connectivity index (χ2v) is 10.5. The lowest BCUT2D eigenvalue weighted by atomic mass is 9.95. The Kier molecular flexibility index (Phi) is 5.66. The molecule has 0 aliphatic carbocycles. The molecule has 35 heavy (non-hydrogen) atoms. The number of pyridine rings is 1. The van der Waals surface area contributed by atoms with E-state index >= 15 is 0 Å². The molecule has 1 saturated heterocycles. The first-order valence-corrected chi connectivity index (χ1v) is 12.8. The highest BCUT2D eigenvalue weighted by Crippen LogP contribution is 2.47. The Morgan fingerprint density at radius 1 is 1.26 bits per heavy atom. The van der Waals surface area contributed by atoms with Crippen LogP contribution in [0.4, 0.5) is 5.69 Å². The topological polar surface area (TPSA) is 86.5 Å². The fourth-order valence-corrected chi connectivity index (χ4v) is 6.49. The summed E-state index contributed by atoms with van der Waals surface area (Å²) in [6.07, 6.45) is 3.67. The number of nitrogens with one attached hydrogen (secondary N) is 2. The van der Waals surface area contributed by atoms with Gasteiger partial charge in [0.1, 0.15) is 11.4 Å². The van der Waals surface area contributed by atoms with E-state index in [0.717, 1.165) is 52.9 Å². The first-order valence-electron chi connectivity index (χ1n) is 11.9. The van der Waals surface area contributed by atoms with E-state index in [4.69, 9.17) is 9.73 Å². The number of methoxy groups -OCH3 is 1. The van der Waals surface area contributed by atoms with Crippen LogP contribution >= 0.6 is 11.8 Å². The van der Waals surface area contributed by atoms with Crippen LogP contribution in [0.15, 0.2) is 52.6 Å². The summed E-state index contributed by atoms with van der Waals surface area (Å²) in [5.74, 6) is 1.80. The minimum atomic E-state index is 0.0578. The molecule has 3 aliphatic heterocycles. The lowest BCUT2D eigenvalue weighted by Crippen LogP contribution is -2.52. The SMILES string of the molecule is COc1c(NC2=NCNC3Sc4cc(C(=O)N5CCN(C)[C@H](C)C5)ccc4C23)ccn2nccc12. The lowest BCUT2D eigenvalue weighted by molar-refractivity contribution is 0.0572. The van der Waals surface area contributed by atoms with Gasteiger partial charge in [0.25, 0.3) is 5.91 Å². The maximum Gasteiger partial charge on any atom is 0.253 e. The molecule has 2 aromatic heterocycles. The molecular weight excluding hydrogens is 462 g/mol. The van der Waals surface area contributed by atoms with Gasteiger partial charge in [-0.2, -0.15) is 5.10 Å². The minimum Gasteiger partial charge on any atom is -0.492 e. The van der Waals surface area contributed by atoms with Crippen LogP contribution in [0.3, 0.4) is 0 Å². The van der Waals surface area contributed by atoms with Crippen LogP contribution in [-0.4, -0.2) is 83.0 Å². The highest BCUT2D eigenvalue weighted by molar-refractivity contribution is 8.00. The molecule has 0 bridgehead atoms. The number of thioether (sulfide) groups is 1. The smallest absolute Gasteiger partial charge is 0.253 e. The molecule has 3 aliphatic rings. The molecule has 3 aromatic rings. The van der Waals surface area contributed by atoms with E-state index in [1.54, 1.807) is 29.6 Å². The van der Waals surface area contributed by atoms with Crippen molar-refractivity contribution in [1.29, 1.82) is 0 Å². The Morgan fingerprint density at radius 2 is 2.14 bits per heavy atom. The minimum absolute atomic E-state index is 0.0578. The van der Waals surface area contributed by atoms with E-state index in [-0.39, 0.29) is 17.2 Å². The van der Waals surface area contributed by atoms with E-state index in [1.165, 1.54) is 5.56 Å². The number of piperazine rings is 1. The van der Waals surface area contributed by atoms with Gasteiger partial charge in [0.05, 0.1) is 37.0 Å². The molecule has 1 fully saturated rings. The zero-order valence-electron chi connectivity index (χ0n) is 20.1. The Labute approximate surface area is 208 Å². The summed E-state index contributed by atoms with van der Waals surface area (Å²) in [5.41, 5.74) is 3.69. The molecular formula is C25H29N7O2S. The molecule has 3 atom stereocenters. The standard InChI is InChI=1S/C25H29N7O2S/c1-15-13-31(11-10-30(15)2)25(33)16-4-5-17-20(12-16)35-24-21(17)23(26-14-27-24)29-18-7-9-32-19(6-8-28-32)22(18)34-3/h4-9,12,15,21,24,27H,10-11,13-14H2,1-3H3,(H,26,29)/t15-,21?,24?/m1/s1. The van der Waals surface area contributed by atoms with Crippen LogP contribution < -0.4 is 15.4 Å². The molecule has 9 nitrogen and oxygen atoms in total. The Hall–Kier alpha value is -3.08. The molecule has 1 aromatic carbocycles. The van der Waals surface area contributed by atoms with Gasteiger partial charge in [-0.25, -0.2) is 4.52 Å². The molecule has 0 spiro atoms. The fourth-order valence-electron chi connectivity index (χ4n) is 5.12. The van der Waals surface area contributed by atoms with Gasteiger partial charge >= 0.3 is 0 Å². The molecule has 2 unspecified atom stereocenters. The first-order chi connectivity index (χ1) is 17.0. The number of likely N-dealkylation sites (N-methyl/N-ethyl adjacent to an activating group) is 1. The number of carbonyl (C=O) groups excluding carboxylic acids is 1. The number of aliphatic imine (C=N–C) groups is 1. The number of hydrogen-bond donors (Lipinski definition) is 2. The third-order valence-electron chi connectivity index (χ3n) is 7.23. The van der Waals surface area contributed by atoms with Crippen molar-refractivity contribution in [3.63, 3.8) is 0 Å². The highest BCUT2D eigenvalue weighted by Gasteiger charge is 2.39. The van der Waals surface area contributed by atoms with Crippen LogP contribution in [0.2, 0.25) is 0 Å². The van der Waals surface area contributed by atoms with Gasteiger partial charge in [-0.1, -0.05) is 6.07 Å². The van der Waals surface area contributed by atoms with Gasteiger partial charge in [0.15, 0.2) is 5.75 Å². The summed E-state index contributed by atoms with van der Waals surface area (Å²) in [7, 11) is 3.78. The van der Waals surface area contributed by atoms with E-state index in [0.29, 0.717) is 12.7 Å². The average Bonchev–Trinajstić information content (AvgIpc) is 3.49. The number of ether oxygens (including phenoxy) is 1. The highest BCUT2D eigenvalue weighted by atomic mass is 32.2. The molecule has 5 heterocycles. The summed E-state index contributed by atoms with van der Waals surface area (Å²) >= 11 is 1.77. The molecule has 0 radical (unpaired) electrons. The van der Waals surface area contributed by atoms with Crippen molar-refractivity contribution in [1.82, 2.24) is 24.7 Å². The van der Waals surface area contributed by atoms with Crippen LogP contribution in [0.5, 0.6) is 5.75 Å². The second-order valence-electron chi connectivity index (χ2n) is 9.30. The van der Waals surface area contributed by atoms with Crippen molar-refractivity contribution in [2.45, 2.75) is 29.2 Å². The summed E-state index contributed by atoms with van der Waals surface area (Å²) in [4.78, 5) is 23.4. The predicted octanol–water partition coefficient (Wildman–Crippen LogP) is 2.71. The van der Waals surface area contributed by atoms with E-state index in [9.17, 15) is 4.79 Å². The number of carbonyl (C=O) groups is 1.